The summed E-state index contributed by atoms with van der Waals surface area (Å²) in [6.07, 6.45) is 0. The summed E-state index contributed by atoms with van der Waals surface area (Å²) < 4.78 is 37.5. The molecule has 0 aliphatic rings. The average Bonchev–Trinajstić information content (AvgIpc) is 2.77. The van der Waals surface area contributed by atoms with E-state index in [0.717, 1.165) is 13.2 Å². The van der Waals surface area contributed by atoms with E-state index in [2.05, 4.69) is 20.0 Å². The minimum absolute atomic E-state index is 0.110. The topological polar surface area (TPSA) is 157 Å². The van der Waals surface area contributed by atoms with E-state index >= 15 is 0 Å². The van der Waals surface area contributed by atoms with Gasteiger partial charge in [0.1, 0.15) is 4.90 Å². The van der Waals surface area contributed by atoms with Crippen LogP contribution in [0.4, 0.5) is 10.7 Å². The zero-order chi connectivity index (χ0) is 24.8. The van der Waals surface area contributed by atoms with Crippen molar-refractivity contribution in [2.45, 2.75) is 25.7 Å². The number of hydrogen-bond donors (Lipinski definition) is 2. The molecule has 0 saturated carbocycles. The van der Waals surface area contributed by atoms with Gasteiger partial charge < -0.3 is 14.4 Å². The maximum atomic E-state index is 13.1. The Balaban J connectivity index is 2.44. The largest absolute Gasteiger partial charge is 0.481 e. The molecule has 0 unspecified atom stereocenters. The summed E-state index contributed by atoms with van der Waals surface area (Å²) in [5, 5.41) is 2.21. The molecule has 2 N–H and O–H groups in total. The number of aromatic nitrogens is 2. The number of esters is 1. The fourth-order valence-corrected chi connectivity index (χ4v) is 3.98. The molecule has 13 heteroatoms. The molecule has 0 aliphatic carbocycles. The highest BCUT2D eigenvalue weighted by atomic mass is 32.2. The lowest BCUT2D eigenvalue weighted by molar-refractivity contribution is 0.0599. The fraction of sp³-hybridized carbons (Fsp3) is 0.350. The van der Waals surface area contributed by atoms with E-state index in [1.807, 2.05) is 4.72 Å². The normalized spacial score (nSPS) is 10.8. The minimum Gasteiger partial charge on any atom is -0.481 e. The maximum Gasteiger partial charge on any atom is 0.337 e. The van der Waals surface area contributed by atoms with Crippen molar-refractivity contribution in [3.8, 4) is 5.88 Å². The fourth-order valence-electron chi connectivity index (χ4n) is 2.85. The quantitative estimate of drug-likeness (QED) is 0.536. The minimum atomic E-state index is -4.60. The lowest BCUT2D eigenvalue weighted by atomic mass is 10.1. The van der Waals surface area contributed by atoms with Crippen LogP contribution < -0.4 is 14.8 Å². The van der Waals surface area contributed by atoms with E-state index < -0.39 is 32.8 Å². The van der Waals surface area contributed by atoms with Crippen molar-refractivity contribution in [3.63, 3.8) is 0 Å². The Bertz CT molecular complexity index is 1160. The highest BCUT2D eigenvalue weighted by Gasteiger charge is 2.28. The lowest BCUT2D eigenvalue weighted by Crippen LogP contribution is -2.37. The number of carbonyl (C=O) groups excluding carboxylic acids is 3. The lowest BCUT2D eigenvalue weighted by Gasteiger charge is -2.20. The molecule has 0 atom stereocenters. The van der Waals surface area contributed by atoms with Gasteiger partial charge in [0.15, 0.2) is 0 Å². The molecule has 1 aromatic carbocycles. The van der Waals surface area contributed by atoms with Gasteiger partial charge in [0, 0.05) is 24.8 Å². The van der Waals surface area contributed by atoms with Crippen molar-refractivity contribution in [2.75, 3.05) is 32.6 Å². The molecule has 2 aromatic rings. The SMILES string of the molecule is CCN(CC)C(=O)c1ccc(C(=O)OC)cc1S(=O)(=O)NC(=O)Nc1nc(C)cc(OC)n1. The molecule has 12 nitrogen and oxygen atoms in total. The predicted octanol–water partition coefficient (Wildman–Crippen LogP) is 1.57. The third-order valence-electron chi connectivity index (χ3n) is 4.47. The molecule has 0 radical (unpaired) electrons. The molecule has 2 rings (SSSR count). The van der Waals surface area contributed by atoms with Crippen molar-refractivity contribution in [2.24, 2.45) is 0 Å². The van der Waals surface area contributed by atoms with E-state index in [9.17, 15) is 22.8 Å². The van der Waals surface area contributed by atoms with Gasteiger partial charge in [-0.15, -0.1) is 0 Å². The second kappa shape index (κ2) is 10.7. The standard InChI is InChI=1S/C20H25N5O7S/c1-6-25(7-2)17(26)14-9-8-13(18(27)32-5)11-15(14)33(29,30)24-20(28)23-19-21-12(3)10-16(22-19)31-4/h8-11H,6-7H2,1-5H3,(H2,21,22,23,24,28). The molecule has 3 amide bonds. The second-order valence-corrected chi connectivity index (χ2v) is 8.27. The van der Waals surface area contributed by atoms with Crippen LogP contribution in [-0.4, -0.2) is 68.5 Å². The Kier molecular flexibility index (Phi) is 8.29. The zero-order valence-electron chi connectivity index (χ0n) is 18.8. The molecular formula is C20H25N5O7S. The Morgan fingerprint density at radius 3 is 2.30 bits per heavy atom. The van der Waals surface area contributed by atoms with E-state index in [-0.39, 0.29) is 23.0 Å². The summed E-state index contributed by atoms with van der Waals surface area (Å²) in [7, 11) is -2.09. The molecule has 33 heavy (non-hydrogen) atoms. The van der Waals surface area contributed by atoms with E-state index in [1.165, 1.54) is 30.2 Å². The monoisotopic (exact) mass is 479 g/mol. The number of hydrogen-bond acceptors (Lipinski definition) is 9. The molecule has 1 aromatic heterocycles. The van der Waals surface area contributed by atoms with Gasteiger partial charge in [-0.2, -0.15) is 4.98 Å². The van der Waals surface area contributed by atoms with Crippen LogP contribution in [0.15, 0.2) is 29.2 Å². The summed E-state index contributed by atoms with van der Waals surface area (Å²) in [5.74, 6) is -1.41. The third-order valence-corrected chi connectivity index (χ3v) is 5.84. The molecule has 1 heterocycles. The van der Waals surface area contributed by atoms with Gasteiger partial charge >= 0.3 is 12.0 Å². The Hall–Kier alpha value is -3.74. The van der Waals surface area contributed by atoms with Gasteiger partial charge in [-0.25, -0.2) is 27.7 Å². The molecule has 0 bridgehead atoms. The number of aryl methyl sites for hydroxylation is 1. The van der Waals surface area contributed by atoms with Gasteiger partial charge in [0.25, 0.3) is 15.9 Å². The van der Waals surface area contributed by atoms with Crippen LogP contribution in [0.2, 0.25) is 0 Å². The molecule has 0 saturated heterocycles. The van der Waals surface area contributed by atoms with Gasteiger partial charge in [-0.1, -0.05) is 0 Å². The summed E-state index contributed by atoms with van der Waals surface area (Å²) in [4.78, 5) is 46.0. The number of methoxy groups -OCH3 is 2. The number of ether oxygens (including phenoxy) is 2. The van der Waals surface area contributed by atoms with Crippen LogP contribution in [-0.2, 0) is 14.8 Å². The van der Waals surface area contributed by atoms with E-state index in [4.69, 9.17) is 4.74 Å². The smallest absolute Gasteiger partial charge is 0.337 e. The number of urea groups is 1. The number of sulfonamides is 1. The number of nitrogens with one attached hydrogen (secondary N) is 2. The van der Waals surface area contributed by atoms with Crippen LogP contribution in [0.25, 0.3) is 0 Å². The first kappa shape index (κ1) is 25.5. The number of amides is 3. The van der Waals surface area contributed by atoms with Crippen LogP contribution in [0.1, 0.15) is 40.3 Å². The van der Waals surface area contributed by atoms with Crippen molar-refractivity contribution in [1.29, 1.82) is 0 Å². The van der Waals surface area contributed by atoms with Crippen LogP contribution in [0, 0.1) is 6.92 Å². The summed E-state index contributed by atoms with van der Waals surface area (Å²) in [6.45, 7) is 5.76. The maximum absolute atomic E-state index is 13.1. The number of rotatable bonds is 8. The molecule has 0 fully saturated rings. The number of benzene rings is 1. The van der Waals surface area contributed by atoms with Crippen molar-refractivity contribution in [3.05, 3.63) is 41.1 Å². The number of carbonyl (C=O) groups is 3. The second-order valence-electron chi connectivity index (χ2n) is 6.61. The van der Waals surface area contributed by atoms with Crippen molar-refractivity contribution < 1.29 is 32.3 Å². The van der Waals surface area contributed by atoms with Crippen molar-refractivity contribution >= 4 is 33.9 Å². The number of nitrogens with zero attached hydrogens (tertiary/aromatic N) is 3. The number of anilines is 1. The third kappa shape index (κ3) is 6.16. The summed E-state index contributed by atoms with van der Waals surface area (Å²) in [6, 6.07) is 3.79. The van der Waals surface area contributed by atoms with E-state index in [0.29, 0.717) is 18.8 Å². The Morgan fingerprint density at radius 1 is 1.06 bits per heavy atom. The first-order chi connectivity index (χ1) is 15.6. The first-order valence-corrected chi connectivity index (χ1v) is 11.3. The van der Waals surface area contributed by atoms with Crippen LogP contribution in [0.3, 0.4) is 0 Å². The molecule has 0 aliphatic heterocycles. The van der Waals surface area contributed by atoms with Gasteiger partial charge in [0.2, 0.25) is 11.8 Å². The molecule has 178 valence electrons. The first-order valence-electron chi connectivity index (χ1n) is 9.81. The Labute approximate surface area is 191 Å². The molecular weight excluding hydrogens is 454 g/mol. The van der Waals surface area contributed by atoms with Gasteiger partial charge in [-0.05, 0) is 39.0 Å². The summed E-state index contributed by atoms with van der Waals surface area (Å²) >= 11 is 0. The predicted molar refractivity (Wildman–Crippen MR) is 118 cm³/mol. The highest BCUT2D eigenvalue weighted by molar-refractivity contribution is 7.90. The molecule has 0 spiro atoms. The van der Waals surface area contributed by atoms with E-state index in [1.54, 1.807) is 20.8 Å². The summed E-state index contributed by atoms with van der Waals surface area (Å²) in [5.41, 5.74) is 0.152. The zero-order valence-corrected chi connectivity index (χ0v) is 19.6. The van der Waals surface area contributed by atoms with Crippen molar-refractivity contribution in [1.82, 2.24) is 19.6 Å². The van der Waals surface area contributed by atoms with Gasteiger partial charge in [-0.3, -0.25) is 10.1 Å². The van der Waals surface area contributed by atoms with Gasteiger partial charge in [0.05, 0.1) is 25.3 Å². The average molecular weight is 480 g/mol. The van der Waals surface area contributed by atoms with Crippen LogP contribution in [0.5, 0.6) is 5.88 Å². The van der Waals surface area contributed by atoms with Crippen LogP contribution >= 0.6 is 0 Å². The highest BCUT2D eigenvalue weighted by Crippen LogP contribution is 2.21. The Morgan fingerprint density at radius 2 is 1.73 bits per heavy atom.